The van der Waals surface area contributed by atoms with Gasteiger partial charge in [-0.15, -0.1) is 0 Å². The smallest absolute Gasteiger partial charge is 0.125 e. The molecule has 102 valence electrons. The number of fused-ring (bicyclic) bond motifs is 1. The van der Waals surface area contributed by atoms with Crippen LogP contribution < -0.4 is 0 Å². The van der Waals surface area contributed by atoms with Gasteiger partial charge in [-0.2, -0.15) is 5.10 Å². The van der Waals surface area contributed by atoms with Gasteiger partial charge in [-0.1, -0.05) is 13.8 Å². The normalized spacial score (nSPS) is 11.4. The van der Waals surface area contributed by atoms with Gasteiger partial charge in [0.1, 0.15) is 5.82 Å². The molecule has 1 N–H and O–H groups in total. The van der Waals surface area contributed by atoms with E-state index in [-0.39, 0.29) is 5.82 Å². The molecule has 0 aliphatic carbocycles. The first-order valence-corrected chi connectivity index (χ1v) is 6.67. The standard InChI is InChI=1S/C16H16FN3/c1-9(2)13-7-16(14-8-18-20-10(14)3)19-15-6-11(17)4-5-12(13)15/h4-9H,1-3H3,(H,18,20). The summed E-state index contributed by atoms with van der Waals surface area (Å²) in [6, 6.07) is 6.85. The Morgan fingerprint density at radius 2 is 2.00 bits per heavy atom. The van der Waals surface area contributed by atoms with Crippen molar-refractivity contribution in [3.8, 4) is 11.3 Å². The van der Waals surface area contributed by atoms with Crippen molar-refractivity contribution in [2.24, 2.45) is 0 Å². The fraction of sp³-hybridized carbons (Fsp3) is 0.250. The number of halogens is 1. The molecule has 0 unspecified atom stereocenters. The Morgan fingerprint density at radius 1 is 1.20 bits per heavy atom. The number of benzene rings is 1. The predicted molar refractivity (Wildman–Crippen MR) is 78.1 cm³/mol. The Labute approximate surface area is 116 Å². The molecule has 0 saturated heterocycles. The highest BCUT2D eigenvalue weighted by molar-refractivity contribution is 5.85. The van der Waals surface area contributed by atoms with Crippen LogP contribution >= 0.6 is 0 Å². The largest absolute Gasteiger partial charge is 0.282 e. The molecule has 0 saturated carbocycles. The van der Waals surface area contributed by atoms with Gasteiger partial charge in [0.2, 0.25) is 0 Å². The fourth-order valence-electron chi connectivity index (χ4n) is 2.45. The molecule has 4 heteroatoms. The summed E-state index contributed by atoms with van der Waals surface area (Å²) in [5.74, 6) is 0.0812. The van der Waals surface area contributed by atoms with E-state index < -0.39 is 0 Å². The summed E-state index contributed by atoms with van der Waals surface area (Å²) >= 11 is 0. The lowest BCUT2D eigenvalue weighted by Crippen LogP contribution is -1.95. The lowest BCUT2D eigenvalue weighted by Gasteiger charge is -2.12. The van der Waals surface area contributed by atoms with Crippen molar-refractivity contribution in [2.75, 3.05) is 0 Å². The van der Waals surface area contributed by atoms with Crippen LogP contribution in [0.1, 0.15) is 31.0 Å². The van der Waals surface area contributed by atoms with Gasteiger partial charge in [-0.05, 0) is 36.6 Å². The van der Waals surface area contributed by atoms with Crippen molar-refractivity contribution in [2.45, 2.75) is 26.7 Å². The van der Waals surface area contributed by atoms with Crippen molar-refractivity contribution in [3.05, 3.63) is 47.5 Å². The van der Waals surface area contributed by atoms with Gasteiger partial charge < -0.3 is 0 Å². The molecule has 2 aromatic heterocycles. The van der Waals surface area contributed by atoms with E-state index in [1.807, 2.05) is 6.92 Å². The lowest BCUT2D eigenvalue weighted by molar-refractivity contribution is 0.629. The lowest BCUT2D eigenvalue weighted by atomic mass is 9.96. The van der Waals surface area contributed by atoms with Crippen molar-refractivity contribution in [3.63, 3.8) is 0 Å². The van der Waals surface area contributed by atoms with E-state index in [9.17, 15) is 4.39 Å². The molecule has 0 aliphatic rings. The van der Waals surface area contributed by atoms with Gasteiger partial charge in [0.15, 0.2) is 0 Å². The summed E-state index contributed by atoms with van der Waals surface area (Å²) in [7, 11) is 0. The Hall–Kier alpha value is -2.23. The molecule has 0 aliphatic heterocycles. The molecule has 3 aromatic rings. The van der Waals surface area contributed by atoms with Crippen LogP contribution in [0.25, 0.3) is 22.2 Å². The van der Waals surface area contributed by atoms with Crippen LogP contribution in [0.15, 0.2) is 30.5 Å². The maximum Gasteiger partial charge on any atom is 0.125 e. The number of aromatic amines is 1. The average Bonchev–Trinajstić information content (AvgIpc) is 2.83. The minimum atomic E-state index is -0.263. The SMILES string of the molecule is Cc1[nH]ncc1-c1cc(C(C)C)c2ccc(F)cc2n1. The van der Waals surface area contributed by atoms with Crippen LogP contribution in [0.4, 0.5) is 4.39 Å². The second kappa shape index (κ2) is 4.71. The van der Waals surface area contributed by atoms with Crippen molar-refractivity contribution in [1.82, 2.24) is 15.2 Å². The predicted octanol–water partition coefficient (Wildman–Crippen LogP) is 4.20. The number of aryl methyl sites for hydroxylation is 1. The Bertz CT molecular complexity index is 774. The molecule has 3 rings (SSSR count). The minimum absolute atomic E-state index is 0.263. The minimum Gasteiger partial charge on any atom is -0.282 e. The number of H-pyrrole nitrogens is 1. The average molecular weight is 269 g/mol. The molecule has 0 amide bonds. The zero-order valence-corrected chi connectivity index (χ0v) is 11.7. The summed E-state index contributed by atoms with van der Waals surface area (Å²) < 4.78 is 13.5. The van der Waals surface area contributed by atoms with Crippen LogP contribution in [0.2, 0.25) is 0 Å². The molecule has 0 atom stereocenters. The first-order chi connectivity index (χ1) is 9.56. The number of nitrogens with one attached hydrogen (secondary N) is 1. The molecule has 1 aromatic carbocycles. The molecule has 0 radical (unpaired) electrons. The molecule has 2 heterocycles. The van der Waals surface area contributed by atoms with E-state index in [1.54, 1.807) is 12.3 Å². The summed E-state index contributed by atoms with van der Waals surface area (Å²) in [4.78, 5) is 4.58. The van der Waals surface area contributed by atoms with Gasteiger partial charge in [-0.3, -0.25) is 5.10 Å². The Morgan fingerprint density at radius 3 is 2.65 bits per heavy atom. The van der Waals surface area contributed by atoms with Crippen LogP contribution in [0.5, 0.6) is 0 Å². The summed E-state index contributed by atoms with van der Waals surface area (Å²) in [6.45, 7) is 6.21. The molecule has 0 bridgehead atoms. The van der Waals surface area contributed by atoms with Gasteiger partial charge in [0, 0.05) is 22.7 Å². The summed E-state index contributed by atoms with van der Waals surface area (Å²) in [5, 5.41) is 7.95. The van der Waals surface area contributed by atoms with Gasteiger partial charge in [0.05, 0.1) is 17.4 Å². The van der Waals surface area contributed by atoms with E-state index in [2.05, 4.69) is 35.1 Å². The monoisotopic (exact) mass is 269 g/mol. The number of nitrogens with zero attached hydrogens (tertiary/aromatic N) is 2. The highest BCUT2D eigenvalue weighted by Gasteiger charge is 2.13. The third kappa shape index (κ3) is 2.07. The van der Waals surface area contributed by atoms with Crippen LogP contribution in [-0.4, -0.2) is 15.2 Å². The molecular formula is C16H16FN3. The van der Waals surface area contributed by atoms with Crippen molar-refractivity contribution in [1.29, 1.82) is 0 Å². The number of pyridine rings is 1. The second-order valence-electron chi connectivity index (χ2n) is 5.32. The van der Waals surface area contributed by atoms with E-state index in [0.29, 0.717) is 11.4 Å². The molecule has 0 fully saturated rings. The number of aromatic nitrogens is 3. The number of rotatable bonds is 2. The Balaban J connectivity index is 2.32. The maximum absolute atomic E-state index is 13.5. The third-order valence-corrected chi connectivity index (χ3v) is 3.53. The zero-order valence-electron chi connectivity index (χ0n) is 11.7. The topological polar surface area (TPSA) is 41.6 Å². The first kappa shape index (κ1) is 12.8. The number of hydrogen-bond donors (Lipinski definition) is 1. The highest BCUT2D eigenvalue weighted by Crippen LogP contribution is 2.30. The first-order valence-electron chi connectivity index (χ1n) is 6.67. The molecular weight excluding hydrogens is 253 g/mol. The molecule has 0 spiro atoms. The molecule has 3 nitrogen and oxygen atoms in total. The third-order valence-electron chi connectivity index (χ3n) is 3.53. The Kier molecular flexibility index (Phi) is 3.01. The second-order valence-corrected chi connectivity index (χ2v) is 5.32. The van der Waals surface area contributed by atoms with E-state index >= 15 is 0 Å². The summed E-state index contributed by atoms with van der Waals surface area (Å²) in [6.07, 6.45) is 1.76. The van der Waals surface area contributed by atoms with Gasteiger partial charge in [0.25, 0.3) is 0 Å². The van der Waals surface area contributed by atoms with Gasteiger partial charge >= 0.3 is 0 Å². The maximum atomic E-state index is 13.5. The van der Waals surface area contributed by atoms with Crippen LogP contribution in [0.3, 0.4) is 0 Å². The zero-order chi connectivity index (χ0) is 14.3. The van der Waals surface area contributed by atoms with E-state index in [4.69, 9.17) is 0 Å². The van der Waals surface area contributed by atoms with E-state index in [1.165, 1.54) is 17.7 Å². The quantitative estimate of drug-likeness (QED) is 0.757. The fourth-order valence-corrected chi connectivity index (χ4v) is 2.45. The molecule has 20 heavy (non-hydrogen) atoms. The van der Waals surface area contributed by atoms with Crippen LogP contribution in [0, 0.1) is 12.7 Å². The van der Waals surface area contributed by atoms with Crippen LogP contribution in [-0.2, 0) is 0 Å². The van der Waals surface area contributed by atoms with E-state index in [0.717, 1.165) is 22.3 Å². The summed E-state index contributed by atoms with van der Waals surface area (Å²) in [5.41, 5.74) is 4.61. The van der Waals surface area contributed by atoms with Crippen molar-refractivity contribution < 1.29 is 4.39 Å². The van der Waals surface area contributed by atoms with Crippen molar-refractivity contribution >= 4 is 10.9 Å². The van der Waals surface area contributed by atoms with Gasteiger partial charge in [-0.25, -0.2) is 9.37 Å². The highest BCUT2D eigenvalue weighted by atomic mass is 19.1. The number of hydrogen-bond acceptors (Lipinski definition) is 2.